The van der Waals surface area contributed by atoms with Crippen LogP contribution >= 0.6 is 11.3 Å². The van der Waals surface area contributed by atoms with Gasteiger partial charge in [-0.3, -0.25) is 14.2 Å². The number of rotatable bonds is 7. The molecule has 2 aromatic heterocycles. The number of ether oxygens (including phenoxy) is 2. The molecule has 3 aromatic rings. The van der Waals surface area contributed by atoms with Gasteiger partial charge < -0.3 is 14.8 Å². The van der Waals surface area contributed by atoms with Crippen molar-refractivity contribution in [3.05, 3.63) is 57.0 Å². The van der Waals surface area contributed by atoms with Crippen LogP contribution < -0.4 is 10.9 Å². The zero-order valence-corrected chi connectivity index (χ0v) is 19.8. The third-order valence-electron chi connectivity index (χ3n) is 4.51. The van der Waals surface area contributed by atoms with E-state index < -0.39 is 23.4 Å². The standard InChI is InChI=1S/C23H25N3O6S/c1-12(2)31-22(29)15-6-8-16(9-7-15)25-17(27)10-26-11-24-20-18(21(26)28)14(5)19(33-20)23(30)32-13(3)4/h6-9,11-13H,10H2,1-5H3,(H,25,27). The minimum atomic E-state index is -0.505. The number of hydrogen-bond donors (Lipinski definition) is 1. The van der Waals surface area contributed by atoms with Crippen LogP contribution in [-0.2, 0) is 20.8 Å². The number of nitrogens with zero attached hydrogens (tertiary/aromatic N) is 2. The van der Waals surface area contributed by atoms with Gasteiger partial charge in [0, 0.05) is 5.69 Å². The van der Waals surface area contributed by atoms with E-state index in [4.69, 9.17) is 9.47 Å². The number of benzene rings is 1. The van der Waals surface area contributed by atoms with Crippen LogP contribution in [0.1, 0.15) is 53.3 Å². The molecular formula is C23H25N3O6S. The summed E-state index contributed by atoms with van der Waals surface area (Å²) in [5.74, 6) is -1.39. The lowest BCUT2D eigenvalue weighted by Gasteiger charge is -2.10. The van der Waals surface area contributed by atoms with Gasteiger partial charge in [-0.05, 0) is 64.4 Å². The Labute approximate surface area is 194 Å². The molecule has 174 valence electrons. The lowest BCUT2D eigenvalue weighted by molar-refractivity contribution is -0.116. The highest BCUT2D eigenvalue weighted by Gasteiger charge is 2.21. The Morgan fingerprint density at radius 3 is 2.24 bits per heavy atom. The van der Waals surface area contributed by atoms with Crippen LogP contribution in [0.3, 0.4) is 0 Å². The molecule has 0 saturated heterocycles. The highest BCUT2D eigenvalue weighted by atomic mass is 32.1. The van der Waals surface area contributed by atoms with Gasteiger partial charge >= 0.3 is 11.9 Å². The first kappa shape index (κ1) is 24.1. The monoisotopic (exact) mass is 471 g/mol. The third-order valence-corrected chi connectivity index (χ3v) is 5.69. The second-order valence-electron chi connectivity index (χ2n) is 7.95. The molecule has 1 amide bonds. The number of aromatic nitrogens is 2. The lowest BCUT2D eigenvalue weighted by atomic mass is 10.2. The van der Waals surface area contributed by atoms with Gasteiger partial charge in [0.2, 0.25) is 5.91 Å². The molecule has 1 aromatic carbocycles. The van der Waals surface area contributed by atoms with Crippen LogP contribution in [0.2, 0.25) is 0 Å². The van der Waals surface area contributed by atoms with Gasteiger partial charge in [0.1, 0.15) is 16.3 Å². The smallest absolute Gasteiger partial charge is 0.348 e. The van der Waals surface area contributed by atoms with Crippen molar-refractivity contribution in [3.63, 3.8) is 0 Å². The van der Waals surface area contributed by atoms with Gasteiger partial charge in [-0.1, -0.05) is 0 Å². The summed E-state index contributed by atoms with van der Waals surface area (Å²) >= 11 is 1.09. The van der Waals surface area contributed by atoms with Crippen molar-refractivity contribution in [2.24, 2.45) is 0 Å². The average molecular weight is 472 g/mol. The number of fused-ring (bicyclic) bond motifs is 1. The SMILES string of the molecule is Cc1c(C(=O)OC(C)C)sc2ncn(CC(=O)Nc3ccc(C(=O)OC(C)C)cc3)c(=O)c12. The quantitative estimate of drug-likeness (QED) is 0.524. The number of anilines is 1. The summed E-state index contributed by atoms with van der Waals surface area (Å²) in [7, 11) is 0. The molecule has 0 aliphatic rings. The zero-order valence-electron chi connectivity index (χ0n) is 19.0. The number of nitrogens with one attached hydrogen (secondary N) is 1. The number of carbonyl (C=O) groups is 3. The van der Waals surface area contributed by atoms with Crippen LogP contribution in [0.15, 0.2) is 35.4 Å². The normalized spacial score (nSPS) is 11.1. The number of esters is 2. The first-order valence-corrected chi connectivity index (χ1v) is 11.2. The van der Waals surface area contributed by atoms with E-state index in [1.54, 1.807) is 58.9 Å². The van der Waals surface area contributed by atoms with E-state index >= 15 is 0 Å². The molecule has 3 rings (SSSR count). The molecule has 33 heavy (non-hydrogen) atoms. The Kier molecular flexibility index (Phi) is 7.27. The van der Waals surface area contributed by atoms with E-state index in [1.807, 2.05) is 0 Å². The maximum absolute atomic E-state index is 12.9. The second kappa shape index (κ2) is 9.95. The maximum atomic E-state index is 12.9. The minimum absolute atomic E-state index is 0.232. The predicted molar refractivity (Wildman–Crippen MR) is 125 cm³/mol. The summed E-state index contributed by atoms with van der Waals surface area (Å²) in [6, 6.07) is 6.25. The van der Waals surface area contributed by atoms with Crippen LogP contribution in [0, 0.1) is 6.92 Å². The lowest BCUT2D eigenvalue weighted by Crippen LogP contribution is -2.28. The Balaban J connectivity index is 1.75. The van der Waals surface area contributed by atoms with E-state index in [1.165, 1.54) is 10.9 Å². The molecule has 9 nitrogen and oxygen atoms in total. The molecule has 0 aliphatic heterocycles. The summed E-state index contributed by atoms with van der Waals surface area (Å²) in [6.07, 6.45) is 0.762. The summed E-state index contributed by atoms with van der Waals surface area (Å²) in [4.78, 5) is 54.6. The van der Waals surface area contributed by atoms with Crippen molar-refractivity contribution in [1.82, 2.24) is 9.55 Å². The molecular weight excluding hydrogens is 446 g/mol. The third kappa shape index (κ3) is 5.64. The van der Waals surface area contributed by atoms with Crippen LogP contribution in [0.5, 0.6) is 0 Å². The fraction of sp³-hybridized carbons (Fsp3) is 0.348. The molecule has 0 fully saturated rings. The summed E-state index contributed by atoms with van der Waals surface area (Å²) in [5, 5.41) is 2.97. The number of aryl methyl sites for hydroxylation is 1. The van der Waals surface area contributed by atoms with E-state index in [0.29, 0.717) is 31.9 Å². The van der Waals surface area contributed by atoms with Crippen LogP contribution in [0.25, 0.3) is 10.2 Å². The first-order valence-electron chi connectivity index (χ1n) is 10.4. The highest BCUT2D eigenvalue weighted by Crippen LogP contribution is 2.27. The summed E-state index contributed by atoms with van der Waals surface area (Å²) in [5.41, 5.74) is 0.900. The Hall–Kier alpha value is -3.53. The topological polar surface area (TPSA) is 117 Å². The molecule has 0 bridgehead atoms. The van der Waals surface area contributed by atoms with Gasteiger partial charge in [-0.15, -0.1) is 11.3 Å². The van der Waals surface area contributed by atoms with Gasteiger partial charge in [0.25, 0.3) is 5.56 Å². The number of carbonyl (C=O) groups excluding carboxylic acids is 3. The van der Waals surface area contributed by atoms with Gasteiger partial charge in [0.15, 0.2) is 0 Å². The van der Waals surface area contributed by atoms with E-state index in [0.717, 1.165) is 11.3 Å². The van der Waals surface area contributed by atoms with Gasteiger partial charge in [-0.2, -0.15) is 0 Å². The number of thiophene rings is 1. The molecule has 0 spiro atoms. The van der Waals surface area contributed by atoms with Crippen molar-refractivity contribution in [2.45, 2.75) is 53.4 Å². The largest absolute Gasteiger partial charge is 0.459 e. The number of hydrogen-bond acceptors (Lipinski definition) is 8. The van der Waals surface area contributed by atoms with Crippen molar-refractivity contribution in [2.75, 3.05) is 5.32 Å². The van der Waals surface area contributed by atoms with Crippen LogP contribution in [-0.4, -0.2) is 39.6 Å². The molecule has 0 atom stereocenters. The molecule has 10 heteroatoms. The second-order valence-corrected chi connectivity index (χ2v) is 8.95. The van der Waals surface area contributed by atoms with Crippen molar-refractivity contribution in [1.29, 1.82) is 0 Å². The highest BCUT2D eigenvalue weighted by molar-refractivity contribution is 7.20. The minimum Gasteiger partial charge on any atom is -0.459 e. The van der Waals surface area contributed by atoms with E-state index in [-0.39, 0.29) is 18.8 Å². The summed E-state index contributed by atoms with van der Waals surface area (Å²) < 4.78 is 11.5. The first-order chi connectivity index (χ1) is 15.6. The van der Waals surface area contributed by atoms with E-state index in [9.17, 15) is 19.2 Å². The zero-order chi connectivity index (χ0) is 24.3. The fourth-order valence-electron chi connectivity index (χ4n) is 3.06. The Morgan fingerprint density at radius 2 is 1.64 bits per heavy atom. The van der Waals surface area contributed by atoms with Gasteiger partial charge in [0.05, 0.1) is 29.5 Å². The molecule has 0 unspecified atom stereocenters. The van der Waals surface area contributed by atoms with Crippen LogP contribution in [0.4, 0.5) is 5.69 Å². The maximum Gasteiger partial charge on any atom is 0.348 e. The molecule has 0 saturated carbocycles. The predicted octanol–water partition coefficient (Wildman–Crippen LogP) is 3.54. The molecule has 0 radical (unpaired) electrons. The Bertz CT molecular complexity index is 1260. The van der Waals surface area contributed by atoms with Crippen molar-refractivity contribution >= 4 is 45.1 Å². The fourth-order valence-corrected chi connectivity index (χ4v) is 4.08. The van der Waals surface area contributed by atoms with Gasteiger partial charge in [-0.25, -0.2) is 14.6 Å². The Morgan fingerprint density at radius 1 is 1.03 bits per heavy atom. The summed E-state index contributed by atoms with van der Waals surface area (Å²) in [6.45, 7) is 8.41. The molecule has 1 N–H and O–H groups in total. The average Bonchev–Trinajstić information content (AvgIpc) is 3.07. The van der Waals surface area contributed by atoms with E-state index in [2.05, 4.69) is 10.3 Å². The van der Waals surface area contributed by atoms with Crippen molar-refractivity contribution in [3.8, 4) is 0 Å². The molecule has 2 heterocycles. The number of amides is 1. The molecule has 0 aliphatic carbocycles. The van der Waals surface area contributed by atoms with Crippen molar-refractivity contribution < 1.29 is 23.9 Å².